The highest BCUT2D eigenvalue weighted by Gasteiger charge is 2.46. The molecule has 0 aromatic heterocycles. The van der Waals surface area contributed by atoms with Crippen LogP contribution < -0.4 is 19.7 Å². The minimum absolute atomic E-state index is 0.180. The van der Waals surface area contributed by atoms with E-state index in [1.54, 1.807) is 55.6 Å². The summed E-state index contributed by atoms with van der Waals surface area (Å²) in [6.45, 7) is 0.420. The molecule has 1 fully saturated rings. The Labute approximate surface area is 180 Å². The fourth-order valence-electron chi connectivity index (χ4n) is 3.33. The van der Waals surface area contributed by atoms with E-state index >= 15 is 0 Å². The Morgan fingerprint density at radius 3 is 2.35 bits per heavy atom. The molecule has 0 bridgehead atoms. The van der Waals surface area contributed by atoms with Gasteiger partial charge in [0.2, 0.25) is 5.91 Å². The van der Waals surface area contributed by atoms with Gasteiger partial charge in [0.05, 0.1) is 32.9 Å². The van der Waals surface area contributed by atoms with E-state index in [9.17, 15) is 14.4 Å². The van der Waals surface area contributed by atoms with Gasteiger partial charge in [0.15, 0.2) is 0 Å². The molecule has 4 amide bonds. The van der Waals surface area contributed by atoms with Gasteiger partial charge >= 0.3 is 6.03 Å². The van der Waals surface area contributed by atoms with Crippen LogP contribution in [0, 0.1) is 0 Å². The van der Waals surface area contributed by atoms with Crippen molar-refractivity contribution in [3.8, 4) is 11.5 Å². The third-order valence-electron chi connectivity index (χ3n) is 4.92. The Morgan fingerprint density at radius 2 is 1.71 bits per heavy atom. The van der Waals surface area contributed by atoms with Gasteiger partial charge in [0, 0.05) is 25.4 Å². The number of nitrogens with one attached hydrogen (secondary N) is 1. The van der Waals surface area contributed by atoms with E-state index in [2.05, 4.69) is 5.32 Å². The van der Waals surface area contributed by atoms with Crippen molar-refractivity contribution in [2.45, 2.75) is 12.5 Å². The zero-order chi connectivity index (χ0) is 22.4. The molecule has 1 atom stereocenters. The minimum atomic E-state index is -0.938. The first-order valence-electron chi connectivity index (χ1n) is 9.70. The quantitative estimate of drug-likeness (QED) is 0.618. The smallest absolute Gasteiger partial charge is 0.332 e. The largest absolute Gasteiger partial charge is 0.497 e. The van der Waals surface area contributed by atoms with Gasteiger partial charge in [-0.15, -0.1) is 0 Å². The summed E-state index contributed by atoms with van der Waals surface area (Å²) in [7, 11) is 4.57. The Hall–Kier alpha value is -3.59. The molecule has 1 aliphatic rings. The second kappa shape index (κ2) is 9.94. The van der Waals surface area contributed by atoms with Gasteiger partial charge in [-0.05, 0) is 36.4 Å². The van der Waals surface area contributed by atoms with E-state index in [0.29, 0.717) is 22.9 Å². The number of anilines is 2. The van der Waals surface area contributed by atoms with Crippen LogP contribution in [0.25, 0.3) is 0 Å². The molecule has 164 valence electrons. The van der Waals surface area contributed by atoms with Crippen LogP contribution in [-0.4, -0.2) is 63.3 Å². The van der Waals surface area contributed by atoms with Crippen molar-refractivity contribution in [2.24, 2.45) is 0 Å². The third kappa shape index (κ3) is 4.95. The molecule has 1 heterocycles. The second-order valence-electron chi connectivity index (χ2n) is 6.84. The Kier molecular flexibility index (Phi) is 7.09. The fraction of sp³-hybridized carbons (Fsp3) is 0.318. The summed E-state index contributed by atoms with van der Waals surface area (Å²) in [5, 5.41) is 2.75. The molecular formula is C22H25N3O6. The molecule has 0 aliphatic carbocycles. The number of carbonyl (C=O) groups excluding carboxylic acids is 3. The fourth-order valence-corrected chi connectivity index (χ4v) is 3.33. The van der Waals surface area contributed by atoms with Crippen molar-refractivity contribution < 1.29 is 28.6 Å². The average molecular weight is 427 g/mol. The van der Waals surface area contributed by atoms with Gasteiger partial charge < -0.3 is 24.4 Å². The number of hydrogen-bond donors (Lipinski definition) is 1. The number of carbonyl (C=O) groups is 3. The number of nitrogens with zero attached hydrogens (tertiary/aromatic N) is 2. The summed E-state index contributed by atoms with van der Waals surface area (Å²) in [6.07, 6.45) is -0.180. The maximum absolute atomic E-state index is 13.1. The predicted molar refractivity (Wildman–Crippen MR) is 114 cm³/mol. The molecule has 0 spiro atoms. The number of amides is 4. The molecule has 9 nitrogen and oxygen atoms in total. The van der Waals surface area contributed by atoms with Gasteiger partial charge in [-0.1, -0.05) is 6.07 Å². The molecular weight excluding hydrogens is 402 g/mol. The molecule has 3 rings (SSSR count). The van der Waals surface area contributed by atoms with Crippen LogP contribution in [0.1, 0.15) is 6.42 Å². The lowest BCUT2D eigenvalue weighted by Gasteiger charge is -2.21. The molecule has 2 aromatic rings. The van der Waals surface area contributed by atoms with Crippen molar-refractivity contribution in [3.63, 3.8) is 0 Å². The summed E-state index contributed by atoms with van der Waals surface area (Å²) >= 11 is 0. The molecule has 0 radical (unpaired) electrons. The first-order valence-corrected chi connectivity index (χ1v) is 9.70. The van der Waals surface area contributed by atoms with Crippen LogP contribution in [0.15, 0.2) is 48.5 Å². The van der Waals surface area contributed by atoms with Gasteiger partial charge in [0.1, 0.15) is 17.5 Å². The summed E-state index contributed by atoms with van der Waals surface area (Å²) in [5.41, 5.74) is 0.950. The highest BCUT2D eigenvalue weighted by atomic mass is 16.5. The highest BCUT2D eigenvalue weighted by Crippen LogP contribution is 2.29. The summed E-state index contributed by atoms with van der Waals surface area (Å²) in [6, 6.07) is 12.0. The van der Waals surface area contributed by atoms with Gasteiger partial charge in [-0.2, -0.15) is 0 Å². The number of urea groups is 1. The second-order valence-corrected chi connectivity index (χ2v) is 6.84. The molecule has 0 unspecified atom stereocenters. The van der Waals surface area contributed by atoms with Crippen LogP contribution >= 0.6 is 0 Å². The molecule has 0 saturated carbocycles. The van der Waals surface area contributed by atoms with Crippen molar-refractivity contribution in [1.82, 2.24) is 4.90 Å². The molecule has 2 aromatic carbocycles. The van der Waals surface area contributed by atoms with E-state index in [0.717, 1.165) is 4.90 Å². The van der Waals surface area contributed by atoms with Crippen molar-refractivity contribution in [3.05, 3.63) is 48.5 Å². The lowest BCUT2D eigenvalue weighted by Crippen LogP contribution is -2.39. The highest BCUT2D eigenvalue weighted by molar-refractivity contribution is 6.22. The Bertz CT molecular complexity index is 947. The van der Waals surface area contributed by atoms with Gasteiger partial charge in [-0.3, -0.25) is 9.59 Å². The van der Waals surface area contributed by atoms with Crippen LogP contribution in [0.3, 0.4) is 0 Å². The van der Waals surface area contributed by atoms with E-state index in [1.807, 2.05) is 0 Å². The van der Waals surface area contributed by atoms with Crippen LogP contribution in [0.4, 0.5) is 16.2 Å². The molecule has 9 heteroatoms. The standard InChI is InChI=1S/C22H25N3O6/c1-29-12-11-24-19(14-20(26)23-15-7-9-17(30-2)10-8-15)21(27)25(22(24)28)16-5-4-6-18(13-16)31-3/h4-10,13,19H,11-12,14H2,1-3H3,(H,23,26)/t19-/m1/s1. The lowest BCUT2D eigenvalue weighted by molar-refractivity contribution is -0.124. The number of rotatable bonds is 9. The zero-order valence-electron chi connectivity index (χ0n) is 17.7. The van der Waals surface area contributed by atoms with Crippen molar-refractivity contribution in [2.75, 3.05) is 44.7 Å². The first kappa shape index (κ1) is 22.1. The normalized spacial score (nSPS) is 15.9. The number of methoxy groups -OCH3 is 3. The number of benzene rings is 2. The van der Waals surface area contributed by atoms with Crippen molar-refractivity contribution in [1.29, 1.82) is 0 Å². The summed E-state index contributed by atoms with van der Waals surface area (Å²) in [4.78, 5) is 41.2. The van der Waals surface area contributed by atoms with Gasteiger partial charge in [-0.25, -0.2) is 9.69 Å². The monoisotopic (exact) mass is 427 g/mol. The average Bonchev–Trinajstić information content (AvgIpc) is 3.01. The Morgan fingerprint density at radius 1 is 1.00 bits per heavy atom. The maximum atomic E-state index is 13.1. The van der Waals surface area contributed by atoms with Gasteiger partial charge in [0.25, 0.3) is 5.91 Å². The third-order valence-corrected chi connectivity index (χ3v) is 4.92. The van der Waals surface area contributed by atoms with Crippen LogP contribution in [0.5, 0.6) is 11.5 Å². The lowest BCUT2D eigenvalue weighted by atomic mass is 10.1. The van der Waals surface area contributed by atoms with Crippen molar-refractivity contribution >= 4 is 29.2 Å². The minimum Gasteiger partial charge on any atom is -0.497 e. The number of ether oxygens (including phenoxy) is 3. The predicted octanol–water partition coefficient (Wildman–Crippen LogP) is 2.52. The maximum Gasteiger partial charge on any atom is 0.332 e. The zero-order valence-corrected chi connectivity index (χ0v) is 17.7. The van der Waals surface area contributed by atoms with E-state index < -0.39 is 18.0 Å². The summed E-state index contributed by atoms with van der Waals surface area (Å²) in [5.74, 6) is 0.321. The van der Waals surface area contributed by atoms with E-state index in [4.69, 9.17) is 14.2 Å². The SMILES string of the molecule is COCCN1C(=O)N(c2cccc(OC)c2)C(=O)[C@H]1CC(=O)Nc1ccc(OC)cc1. The molecule has 31 heavy (non-hydrogen) atoms. The molecule has 1 aliphatic heterocycles. The Balaban J connectivity index is 1.79. The van der Waals surface area contributed by atoms with E-state index in [1.165, 1.54) is 19.1 Å². The summed E-state index contributed by atoms with van der Waals surface area (Å²) < 4.78 is 15.4. The first-order chi connectivity index (χ1) is 15.0. The van der Waals surface area contributed by atoms with E-state index in [-0.39, 0.29) is 25.5 Å². The number of imide groups is 1. The molecule has 1 saturated heterocycles. The molecule has 1 N–H and O–H groups in total. The van der Waals surface area contributed by atoms with Crippen LogP contribution in [-0.2, 0) is 14.3 Å². The topological polar surface area (TPSA) is 97.4 Å². The number of hydrogen-bond acceptors (Lipinski definition) is 6. The van der Waals surface area contributed by atoms with Crippen LogP contribution in [0.2, 0.25) is 0 Å².